The molecule has 0 bridgehead atoms. The number of primary amides is 1. The number of hydrogen-bond donors (Lipinski definition) is 6. The quantitative estimate of drug-likeness (QED) is 0.195. The molecule has 4 atom stereocenters. The number of amides is 2. The van der Waals surface area contributed by atoms with Gasteiger partial charge in [-0.15, -0.1) is 0 Å². The third-order valence-corrected chi connectivity index (χ3v) is 7.91. The summed E-state index contributed by atoms with van der Waals surface area (Å²) in [5.74, 6) is -7.73. The molecule has 0 aromatic heterocycles. The summed E-state index contributed by atoms with van der Waals surface area (Å²) in [5.41, 5.74) is 2.48. The van der Waals surface area contributed by atoms with Crippen molar-refractivity contribution in [3.05, 3.63) is 34.1 Å². The summed E-state index contributed by atoms with van der Waals surface area (Å²) in [4.78, 5) is 56.6. The molecular weight excluding hydrogens is 522 g/mol. The number of fused-ring (bicyclic) bond motifs is 3. The van der Waals surface area contributed by atoms with Crippen LogP contribution in [0.2, 0.25) is 0 Å². The van der Waals surface area contributed by atoms with Gasteiger partial charge in [0.1, 0.15) is 22.8 Å². The molecule has 2 amide bonds. The number of nitrogens with zero attached hydrogens (tertiary/aromatic N) is 3. The van der Waals surface area contributed by atoms with Gasteiger partial charge >= 0.3 is 0 Å². The molecule has 0 spiro atoms. The summed E-state index contributed by atoms with van der Waals surface area (Å²) in [7, 11) is 9.98. The molecule has 2 unspecified atom stereocenters. The van der Waals surface area contributed by atoms with Crippen LogP contribution in [0.4, 0.5) is 11.4 Å². The minimum Gasteiger partial charge on any atom is -0.508 e. The largest absolute Gasteiger partial charge is 0.508 e. The van der Waals surface area contributed by atoms with Gasteiger partial charge in [0.15, 0.2) is 11.4 Å². The first-order chi connectivity index (χ1) is 18.5. The zero-order valence-electron chi connectivity index (χ0n) is 23.3. The Labute approximate surface area is 231 Å². The number of Topliss-reactive ketones (excluding diaryl/α,β-unsaturated/α-hetero) is 2. The second-order valence-corrected chi connectivity index (χ2v) is 11.3. The van der Waals surface area contributed by atoms with E-state index in [0.29, 0.717) is 11.3 Å². The molecule has 0 heterocycles. The monoisotopic (exact) mass is 557 g/mol. The number of carbonyl (C=O) groups is 4. The van der Waals surface area contributed by atoms with Crippen LogP contribution in [0.5, 0.6) is 5.75 Å². The Kier molecular flexibility index (Phi) is 7.20. The molecule has 3 aliphatic rings. The molecular formula is C27H35N5O8. The Balaban J connectivity index is 1.95. The molecule has 216 valence electrons. The van der Waals surface area contributed by atoms with Crippen molar-refractivity contribution in [2.24, 2.45) is 17.6 Å². The lowest BCUT2D eigenvalue weighted by Crippen LogP contribution is -2.65. The van der Waals surface area contributed by atoms with Crippen molar-refractivity contribution in [3.8, 4) is 5.75 Å². The molecule has 4 rings (SSSR count). The number of aliphatic hydroxyl groups excluding tert-OH is 2. The van der Waals surface area contributed by atoms with Gasteiger partial charge in [-0.25, -0.2) is 0 Å². The van der Waals surface area contributed by atoms with E-state index in [2.05, 4.69) is 5.32 Å². The first-order valence-corrected chi connectivity index (χ1v) is 12.7. The maximum Gasteiger partial charge on any atom is 0.255 e. The van der Waals surface area contributed by atoms with Crippen LogP contribution in [0.3, 0.4) is 0 Å². The molecule has 40 heavy (non-hydrogen) atoms. The average molecular weight is 558 g/mol. The van der Waals surface area contributed by atoms with E-state index < -0.39 is 69.7 Å². The van der Waals surface area contributed by atoms with Gasteiger partial charge in [0.2, 0.25) is 11.7 Å². The first-order valence-electron chi connectivity index (χ1n) is 12.7. The van der Waals surface area contributed by atoms with Crippen LogP contribution in [0.15, 0.2) is 23.0 Å². The van der Waals surface area contributed by atoms with Crippen molar-refractivity contribution in [3.63, 3.8) is 0 Å². The molecule has 0 saturated heterocycles. The second-order valence-electron chi connectivity index (χ2n) is 11.3. The highest BCUT2D eigenvalue weighted by Crippen LogP contribution is 2.54. The number of aromatic hydroxyl groups is 1. The minimum absolute atomic E-state index is 0.00874. The van der Waals surface area contributed by atoms with E-state index >= 15 is 0 Å². The lowest BCUT2D eigenvalue weighted by Gasteiger charge is -2.50. The molecule has 0 radical (unpaired) electrons. The molecule has 1 aromatic rings. The van der Waals surface area contributed by atoms with E-state index in [1.54, 1.807) is 58.2 Å². The molecule has 1 aromatic carbocycles. The Bertz CT molecular complexity index is 1400. The summed E-state index contributed by atoms with van der Waals surface area (Å²) in [6.45, 7) is 0.0233. The van der Waals surface area contributed by atoms with Crippen LogP contribution in [-0.2, 0) is 25.6 Å². The smallest absolute Gasteiger partial charge is 0.255 e. The number of rotatable bonds is 6. The first kappa shape index (κ1) is 29.1. The molecule has 13 heteroatoms. The highest BCUT2D eigenvalue weighted by atomic mass is 16.3. The topological polar surface area (TPSA) is 197 Å². The van der Waals surface area contributed by atoms with E-state index in [0.717, 1.165) is 0 Å². The number of nitrogens with one attached hydrogen (secondary N) is 1. The Hall–Kier alpha value is -3.94. The lowest BCUT2D eigenvalue weighted by atomic mass is 9.57. The van der Waals surface area contributed by atoms with Crippen molar-refractivity contribution in [2.75, 3.05) is 59.0 Å². The predicted molar refractivity (Wildman–Crippen MR) is 146 cm³/mol. The van der Waals surface area contributed by atoms with Gasteiger partial charge < -0.3 is 41.3 Å². The number of phenols is 1. The number of hydrogen-bond acceptors (Lipinski definition) is 11. The van der Waals surface area contributed by atoms with Crippen LogP contribution in [0.1, 0.15) is 17.5 Å². The van der Waals surface area contributed by atoms with Crippen molar-refractivity contribution in [1.82, 2.24) is 9.80 Å². The summed E-state index contributed by atoms with van der Waals surface area (Å²) in [5, 5.41) is 48.0. The molecule has 3 aliphatic carbocycles. The van der Waals surface area contributed by atoms with Crippen molar-refractivity contribution >= 4 is 40.5 Å². The number of benzene rings is 1. The van der Waals surface area contributed by atoms with Gasteiger partial charge in [-0.05, 0) is 58.6 Å². The fourth-order valence-electron chi connectivity index (χ4n) is 6.26. The van der Waals surface area contributed by atoms with Crippen molar-refractivity contribution < 1.29 is 39.6 Å². The number of ketones is 2. The highest BCUT2D eigenvalue weighted by molar-refractivity contribution is 6.24. The molecule has 1 saturated carbocycles. The minimum atomic E-state index is -2.72. The van der Waals surface area contributed by atoms with Crippen LogP contribution in [0, 0.1) is 11.8 Å². The highest BCUT2D eigenvalue weighted by Gasteiger charge is 2.64. The fourth-order valence-corrected chi connectivity index (χ4v) is 6.26. The van der Waals surface area contributed by atoms with Gasteiger partial charge in [0, 0.05) is 31.3 Å². The van der Waals surface area contributed by atoms with Crippen molar-refractivity contribution in [1.29, 1.82) is 0 Å². The summed E-state index contributed by atoms with van der Waals surface area (Å²) >= 11 is 0. The van der Waals surface area contributed by atoms with E-state index in [-0.39, 0.29) is 36.2 Å². The molecule has 7 N–H and O–H groups in total. The van der Waals surface area contributed by atoms with Crippen LogP contribution in [0.25, 0.3) is 5.76 Å². The standard InChI is InChI=1S/C27H35N5O8/c1-30(2)10-16(33)29-14-9-15(31(3)4)12-7-11-8-13-20(32(5)6)23(36)19(26(28)39)25(38)27(13,40)24(37)17(11)22(35)18(12)21(14)34/h9,11,13,20,34-35,38,40H,7-8,10H2,1-6H3,(H2,28,39)(H,29,33)/t11?,13?,20-,27-/m1/s1. The van der Waals surface area contributed by atoms with Gasteiger partial charge in [-0.3, -0.25) is 24.1 Å². The summed E-state index contributed by atoms with van der Waals surface area (Å²) < 4.78 is 0. The number of carbonyl (C=O) groups excluding carboxylic acids is 4. The Morgan fingerprint density at radius 3 is 2.25 bits per heavy atom. The SMILES string of the molecule is CN(C)CC(=O)Nc1cc(N(C)C)c2c(c1O)C(O)=C1C(=O)[C@@]3(O)C(O)=C(C(N)=O)C(=O)[C@H](N(C)C)C3CC1C2. The molecule has 0 aliphatic heterocycles. The van der Waals surface area contributed by atoms with E-state index in [4.69, 9.17) is 5.73 Å². The normalized spacial score (nSPS) is 26.1. The molecule has 1 fully saturated rings. The maximum atomic E-state index is 14.0. The number of likely N-dealkylation sites (N-methyl/N-ethyl adjacent to an activating group) is 2. The van der Waals surface area contributed by atoms with Crippen LogP contribution >= 0.6 is 0 Å². The second kappa shape index (κ2) is 9.91. The lowest BCUT2D eigenvalue weighted by molar-refractivity contribution is -0.153. The van der Waals surface area contributed by atoms with E-state index in [9.17, 15) is 39.6 Å². The van der Waals surface area contributed by atoms with Crippen LogP contribution in [-0.4, -0.2) is 114 Å². The zero-order valence-corrected chi connectivity index (χ0v) is 23.3. The molecule has 13 nitrogen and oxygen atoms in total. The van der Waals surface area contributed by atoms with Gasteiger partial charge in [0.25, 0.3) is 5.91 Å². The number of phenolic OH excluding ortho intramolecular Hbond substituents is 1. The zero-order chi connectivity index (χ0) is 30.0. The number of nitrogens with two attached hydrogens (primary N) is 1. The number of anilines is 2. The summed E-state index contributed by atoms with van der Waals surface area (Å²) in [6.07, 6.45) is 0.127. The maximum absolute atomic E-state index is 14.0. The fraction of sp³-hybridized carbons (Fsp3) is 0.481. The summed E-state index contributed by atoms with van der Waals surface area (Å²) in [6, 6.07) is 0.412. The Morgan fingerprint density at radius 1 is 1.10 bits per heavy atom. The third-order valence-electron chi connectivity index (χ3n) is 7.91. The average Bonchev–Trinajstić information content (AvgIpc) is 2.81. The number of aliphatic hydroxyl groups is 3. The third kappa shape index (κ3) is 4.21. The van der Waals surface area contributed by atoms with Gasteiger partial charge in [-0.2, -0.15) is 0 Å². The van der Waals surface area contributed by atoms with Gasteiger partial charge in [0.05, 0.1) is 23.8 Å². The predicted octanol–water partition coefficient (Wildman–Crippen LogP) is -0.470. The Morgan fingerprint density at radius 2 is 1.73 bits per heavy atom. The van der Waals surface area contributed by atoms with Gasteiger partial charge in [-0.1, -0.05) is 0 Å². The van der Waals surface area contributed by atoms with E-state index in [1.807, 2.05) is 0 Å². The van der Waals surface area contributed by atoms with Crippen molar-refractivity contribution in [2.45, 2.75) is 24.5 Å². The van der Waals surface area contributed by atoms with E-state index in [1.165, 1.54) is 4.90 Å². The van der Waals surface area contributed by atoms with Crippen LogP contribution < -0.4 is 16.0 Å².